The normalized spacial score (nSPS) is 12.9. The number of ether oxygens (including phenoxy) is 2. The third-order valence-electron chi connectivity index (χ3n) is 5.46. The lowest BCUT2D eigenvalue weighted by Crippen LogP contribution is -2.30. The van der Waals surface area contributed by atoms with Gasteiger partial charge in [-0.1, -0.05) is 30.3 Å². The van der Waals surface area contributed by atoms with Crippen LogP contribution in [0.2, 0.25) is 0 Å². The van der Waals surface area contributed by atoms with Crippen molar-refractivity contribution in [3.05, 3.63) is 89.9 Å². The van der Waals surface area contributed by atoms with Crippen molar-refractivity contribution in [3.63, 3.8) is 0 Å². The van der Waals surface area contributed by atoms with Gasteiger partial charge in [-0.15, -0.1) is 0 Å². The largest absolute Gasteiger partial charge is 0.454 e. The fraction of sp³-hybridized carbons (Fsp3) is 0.160. The van der Waals surface area contributed by atoms with Gasteiger partial charge in [-0.05, 0) is 30.7 Å². The molecule has 0 radical (unpaired) electrons. The van der Waals surface area contributed by atoms with Gasteiger partial charge in [0.2, 0.25) is 12.7 Å². The highest BCUT2D eigenvalue weighted by Crippen LogP contribution is 2.34. The van der Waals surface area contributed by atoms with Crippen LogP contribution in [-0.4, -0.2) is 38.9 Å². The van der Waals surface area contributed by atoms with Crippen LogP contribution in [0.15, 0.2) is 73.2 Å². The molecule has 34 heavy (non-hydrogen) atoms. The summed E-state index contributed by atoms with van der Waals surface area (Å²) in [6.45, 7) is 1.91. The van der Waals surface area contributed by atoms with Gasteiger partial charge in [0.15, 0.2) is 11.5 Å². The number of amides is 1. The second kappa shape index (κ2) is 9.24. The lowest BCUT2D eigenvalue weighted by molar-refractivity contribution is 0.0916. The van der Waals surface area contributed by atoms with Gasteiger partial charge in [0.1, 0.15) is 5.82 Å². The fourth-order valence-electron chi connectivity index (χ4n) is 3.68. The van der Waals surface area contributed by atoms with Gasteiger partial charge in [0.25, 0.3) is 5.91 Å². The number of fused-ring (bicyclic) bond motifs is 1. The molecular weight excluding hydrogens is 434 g/mol. The Balaban J connectivity index is 1.33. The first-order chi connectivity index (χ1) is 16.6. The third kappa shape index (κ3) is 4.41. The molecule has 4 aromatic rings. The van der Waals surface area contributed by atoms with Gasteiger partial charge in [-0.3, -0.25) is 4.79 Å². The van der Waals surface area contributed by atoms with Crippen LogP contribution >= 0.6 is 0 Å². The number of aryl methyl sites for hydroxylation is 1. The zero-order valence-electron chi connectivity index (χ0n) is 18.4. The van der Waals surface area contributed by atoms with Crippen molar-refractivity contribution < 1.29 is 19.4 Å². The summed E-state index contributed by atoms with van der Waals surface area (Å²) in [7, 11) is 0. The first-order valence-electron chi connectivity index (χ1n) is 10.8. The second-order valence-electron chi connectivity index (χ2n) is 7.82. The first kappa shape index (κ1) is 21.5. The molecular formula is C25H23N5O4. The smallest absolute Gasteiger partial charge is 0.253 e. The highest BCUT2D eigenvalue weighted by molar-refractivity contribution is 5.94. The Morgan fingerprint density at radius 2 is 1.97 bits per heavy atom. The Bertz CT molecular complexity index is 1320. The van der Waals surface area contributed by atoms with E-state index < -0.39 is 6.04 Å². The molecule has 5 rings (SSSR count). The minimum absolute atomic E-state index is 0.198. The Morgan fingerprint density at radius 3 is 2.79 bits per heavy atom. The maximum absolute atomic E-state index is 12.8. The minimum Gasteiger partial charge on any atom is -0.454 e. The molecule has 1 amide bonds. The number of hydrogen-bond donors (Lipinski definition) is 3. The van der Waals surface area contributed by atoms with Gasteiger partial charge in [-0.2, -0.15) is 4.98 Å². The Hall–Kier alpha value is -4.37. The predicted octanol–water partition coefficient (Wildman–Crippen LogP) is 3.51. The third-order valence-corrected chi connectivity index (χ3v) is 5.46. The van der Waals surface area contributed by atoms with E-state index in [9.17, 15) is 9.90 Å². The molecule has 1 unspecified atom stereocenters. The molecule has 3 N–H and O–H groups in total. The molecule has 172 valence electrons. The lowest BCUT2D eigenvalue weighted by Gasteiger charge is -2.16. The van der Waals surface area contributed by atoms with E-state index in [1.165, 1.54) is 0 Å². The molecule has 0 saturated heterocycles. The standard InChI is InChI=1S/C25H23N5O4/c1-16-12-26-25(27-19-7-8-21-22(11-19)34-15-33-21)29-23(16)30-10-9-18(13-30)24(32)28-20(14-31)17-5-3-2-4-6-17/h2-13,20,31H,14-15H2,1H3,(H,28,32)(H,26,27,29). The average molecular weight is 457 g/mol. The van der Waals surface area contributed by atoms with E-state index in [0.717, 1.165) is 16.8 Å². The molecule has 9 nitrogen and oxygen atoms in total. The number of hydrogen-bond acceptors (Lipinski definition) is 7. The summed E-state index contributed by atoms with van der Waals surface area (Å²) in [5.74, 6) is 2.12. The SMILES string of the molecule is Cc1cnc(Nc2ccc3c(c2)OCO3)nc1-n1ccc(C(=O)NC(CO)c2ccccc2)c1. The molecule has 0 bridgehead atoms. The van der Waals surface area contributed by atoms with Crippen molar-refractivity contribution in [1.82, 2.24) is 19.9 Å². The van der Waals surface area contributed by atoms with E-state index in [2.05, 4.69) is 20.6 Å². The second-order valence-corrected chi connectivity index (χ2v) is 7.82. The highest BCUT2D eigenvalue weighted by Gasteiger charge is 2.17. The summed E-state index contributed by atoms with van der Waals surface area (Å²) in [6, 6.07) is 16.1. The molecule has 1 aliphatic heterocycles. The van der Waals surface area contributed by atoms with Crippen LogP contribution in [0.3, 0.4) is 0 Å². The molecule has 9 heteroatoms. The van der Waals surface area contributed by atoms with E-state index in [4.69, 9.17) is 9.47 Å². The number of benzene rings is 2. The summed E-state index contributed by atoms with van der Waals surface area (Å²) >= 11 is 0. The number of nitrogens with zero attached hydrogens (tertiary/aromatic N) is 3. The van der Waals surface area contributed by atoms with Crippen molar-refractivity contribution >= 4 is 17.5 Å². The van der Waals surface area contributed by atoms with Crippen molar-refractivity contribution in [1.29, 1.82) is 0 Å². The number of carbonyl (C=O) groups excluding carboxylic acids is 1. The van der Waals surface area contributed by atoms with E-state index >= 15 is 0 Å². The highest BCUT2D eigenvalue weighted by atomic mass is 16.7. The van der Waals surface area contributed by atoms with Crippen LogP contribution in [-0.2, 0) is 0 Å². The van der Waals surface area contributed by atoms with Gasteiger partial charge in [-0.25, -0.2) is 4.98 Å². The molecule has 0 aliphatic carbocycles. The van der Waals surface area contributed by atoms with Crippen molar-refractivity contribution in [2.45, 2.75) is 13.0 Å². The first-order valence-corrected chi connectivity index (χ1v) is 10.8. The van der Waals surface area contributed by atoms with Crippen LogP contribution in [0.5, 0.6) is 11.5 Å². The maximum Gasteiger partial charge on any atom is 0.253 e. The van der Waals surface area contributed by atoms with Crippen LogP contribution < -0.4 is 20.1 Å². The number of aliphatic hydroxyl groups is 1. The molecule has 1 aliphatic rings. The molecule has 1 atom stereocenters. The van der Waals surface area contributed by atoms with Crippen molar-refractivity contribution in [3.8, 4) is 17.3 Å². The zero-order chi connectivity index (χ0) is 23.5. The summed E-state index contributed by atoms with van der Waals surface area (Å²) in [5, 5.41) is 15.8. The number of aromatic nitrogens is 3. The number of carbonyl (C=O) groups is 1. The molecule has 0 fully saturated rings. The molecule has 3 heterocycles. The molecule has 0 saturated carbocycles. The van der Waals surface area contributed by atoms with Gasteiger partial charge >= 0.3 is 0 Å². The zero-order valence-corrected chi connectivity index (χ0v) is 18.4. The molecule has 0 spiro atoms. The number of aliphatic hydroxyl groups excluding tert-OH is 1. The quantitative estimate of drug-likeness (QED) is 0.389. The van der Waals surface area contributed by atoms with E-state index in [-0.39, 0.29) is 19.3 Å². The Kier molecular flexibility index (Phi) is 5.84. The predicted molar refractivity (Wildman–Crippen MR) is 126 cm³/mol. The summed E-state index contributed by atoms with van der Waals surface area (Å²) in [5.41, 5.74) is 2.90. The van der Waals surface area contributed by atoms with Crippen LogP contribution in [0, 0.1) is 6.92 Å². The van der Waals surface area contributed by atoms with Crippen LogP contribution in [0.4, 0.5) is 11.6 Å². The molecule has 2 aromatic heterocycles. The Labute approximate surface area is 196 Å². The molecule has 2 aromatic carbocycles. The van der Waals surface area contributed by atoms with E-state index in [0.29, 0.717) is 28.8 Å². The van der Waals surface area contributed by atoms with E-state index in [1.54, 1.807) is 29.2 Å². The van der Waals surface area contributed by atoms with Crippen LogP contribution in [0.25, 0.3) is 5.82 Å². The number of rotatable bonds is 7. The average Bonchev–Trinajstić information content (AvgIpc) is 3.54. The fourth-order valence-corrected chi connectivity index (χ4v) is 3.68. The van der Waals surface area contributed by atoms with Gasteiger partial charge in [0.05, 0.1) is 18.2 Å². The topological polar surface area (TPSA) is 111 Å². The maximum atomic E-state index is 12.8. The Morgan fingerprint density at radius 1 is 1.15 bits per heavy atom. The summed E-state index contributed by atoms with van der Waals surface area (Å²) < 4.78 is 12.5. The summed E-state index contributed by atoms with van der Waals surface area (Å²) in [6.07, 6.45) is 5.19. The number of anilines is 2. The minimum atomic E-state index is -0.490. The monoisotopic (exact) mass is 457 g/mol. The van der Waals surface area contributed by atoms with E-state index in [1.807, 2.05) is 55.5 Å². The van der Waals surface area contributed by atoms with Crippen molar-refractivity contribution in [2.75, 3.05) is 18.7 Å². The lowest BCUT2D eigenvalue weighted by atomic mass is 10.1. The van der Waals surface area contributed by atoms with Crippen molar-refractivity contribution in [2.24, 2.45) is 0 Å². The van der Waals surface area contributed by atoms with Gasteiger partial charge < -0.3 is 29.8 Å². The number of nitrogens with one attached hydrogen (secondary N) is 2. The summed E-state index contributed by atoms with van der Waals surface area (Å²) in [4.78, 5) is 21.8. The van der Waals surface area contributed by atoms with Crippen LogP contribution in [0.1, 0.15) is 27.5 Å². The van der Waals surface area contributed by atoms with Gasteiger partial charge in [0, 0.05) is 35.9 Å².